The van der Waals surface area contributed by atoms with Gasteiger partial charge < -0.3 is 14.6 Å². The molecule has 0 aliphatic carbocycles. The third kappa shape index (κ3) is 3.64. The summed E-state index contributed by atoms with van der Waals surface area (Å²) in [7, 11) is 0. The number of fused-ring (bicyclic) bond motifs is 1. The first-order valence-corrected chi connectivity index (χ1v) is 9.86. The van der Waals surface area contributed by atoms with Crippen molar-refractivity contribution in [2.24, 2.45) is 0 Å². The van der Waals surface area contributed by atoms with E-state index in [0.717, 1.165) is 0 Å². The maximum absolute atomic E-state index is 13.4. The molecular formula is C22H20F4N4O2. The van der Waals surface area contributed by atoms with Gasteiger partial charge in [0.15, 0.2) is 5.82 Å². The maximum Gasteiger partial charge on any atom is 0.424 e. The highest BCUT2D eigenvalue weighted by Crippen LogP contribution is 2.40. The van der Waals surface area contributed by atoms with E-state index in [9.17, 15) is 27.5 Å². The first-order chi connectivity index (χ1) is 15.0. The van der Waals surface area contributed by atoms with Crippen LogP contribution in [0.5, 0.6) is 0 Å². The van der Waals surface area contributed by atoms with Crippen molar-refractivity contribution in [3.63, 3.8) is 0 Å². The van der Waals surface area contributed by atoms with Gasteiger partial charge in [-0.2, -0.15) is 13.2 Å². The van der Waals surface area contributed by atoms with Crippen LogP contribution >= 0.6 is 0 Å². The number of rotatable bonds is 3. The molecule has 1 amide bonds. The second-order valence-corrected chi connectivity index (χ2v) is 7.95. The van der Waals surface area contributed by atoms with Gasteiger partial charge in [0.1, 0.15) is 11.5 Å². The lowest BCUT2D eigenvalue weighted by Crippen LogP contribution is -2.45. The van der Waals surface area contributed by atoms with Gasteiger partial charge in [0.25, 0.3) is 5.91 Å². The van der Waals surface area contributed by atoms with E-state index < -0.39 is 35.4 Å². The fourth-order valence-electron chi connectivity index (χ4n) is 3.90. The van der Waals surface area contributed by atoms with Crippen molar-refractivity contribution in [2.45, 2.75) is 38.2 Å². The largest absolute Gasteiger partial charge is 0.424 e. The molecule has 32 heavy (non-hydrogen) atoms. The van der Waals surface area contributed by atoms with E-state index in [-0.39, 0.29) is 18.8 Å². The topological polar surface area (TPSA) is 71.2 Å². The first kappa shape index (κ1) is 21.9. The number of alkyl halides is 3. The summed E-state index contributed by atoms with van der Waals surface area (Å²) in [6.45, 7) is 2.42. The molecule has 10 heteroatoms. The Morgan fingerprint density at radius 3 is 2.50 bits per heavy atom. The van der Waals surface area contributed by atoms with Crippen molar-refractivity contribution < 1.29 is 27.5 Å². The molecule has 2 atom stereocenters. The van der Waals surface area contributed by atoms with Crippen LogP contribution in [0.2, 0.25) is 0 Å². The molecule has 4 rings (SSSR count). The van der Waals surface area contributed by atoms with Gasteiger partial charge in [0, 0.05) is 18.3 Å². The summed E-state index contributed by atoms with van der Waals surface area (Å²) in [5, 5.41) is 10.1. The number of imidazole rings is 1. The Labute approximate surface area is 181 Å². The zero-order chi connectivity index (χ0) is 23.3. The van der Waals surface area contributed by atoms with Gasteiger partial charge in [0.05, 0.1) is 24.5 Å². The van der Waals surface area contributed by atoms with Crippen molar-refractivity contribution >= 4 is 5.91 Å². The number of halogens is 4. The molecular weight excluding hydrogens is 428 g/mol. The van der Waals surface area contributed by atoms with Gasteiger partial charge >= 0.3 is 6.18 Å². The third-order valence-corrected chi connectivity index (χ3v) is 5.59. The zero-order valence-electron chi connectivity index (χ0n) is 17.3. The smallest absolute Gasteiger partial charge is 0.374 e. The number of pyridine rings is 1. The van der Waals surface area contributed by atoms with E-state index in [1.54, 1.807) is 31.2 Å². The summed E-state index contributed by atoms with van der Waals surface area (Å²) in [5.74, 6) is -1.33. The number of benzene rings is 1. The predicted molar refractivity (Wildman–Crippen MR) is 107 cm³/mol. The van der Waals surface area contributed by atoms with E-state index in [1.807, 2.05) is 0 Å². The van der Waals surface area contributed by atoms with Crippen LogP contribution in [0.4, 0.5) is 17.6 Å². The van der Waals surface area contributed by atoms with Gasteiger partial charge in [-0.1, -0.05) is 18.2 Å². The lowest BCUT2D eigenvalue weighted by Gasteiger charge is -2.36. The second-order valence-electron chi connectivity index (χ2n) is 7.95. The monoisotopic (exact) mass is 448 g/mol. The van der Waals surface area contributed by atoms with Crippen LogP contribution in [0.3, 0.4) is 0 Å². The molecule has 1 aromatic carbocycles. The van der Waals surface area contributed by atoms with Crippen molar-refractivity contribution in [3.05, 3.63) is 71.8 Å². The fourth-order valence-corrected chi connectivity index (χ4v) is 3.90. The number of carbonyl (C=O) groups is 1. The zero-order valence-corrected chi connectivity index (χ0v) is 17.3. The molecule has 0 bridgehead atoms. The number of nitrogens with zero attached hydrogens (tertiary/aromatic N) is 4. The SMILES string of the molecule is C[C@H]1CN(C(=O)c2ncccc2-c2ccc(F)cc2)Cc2cnc(C(C)(O)C(F)(F)F)n21. The normalized spacial score (nSPS) is 18.2. The lowest BCUT2D eigenvalue weighted by atomic mass is 10.0. The Bertz CT molecular complexity index is 1160. The van der Waals surface area contributed by atoms with Gasteiger partial charge in [0.2, 0.25) is 5.60 Å². The number of amides is 1. The molecule has 0 spiro atoms. The first-order valence-electron chi connectivity index (χ1n) is 9.86. The van der Waals surface area contributed by atoms with Crippen molar-refractivity contribution in [1.82, 2.24) is 19.4 Å². The summed E-state index contributed by atoms with van der Waals surface area (Å²) >= 11 is 0. The highest BCUT2D eigenvalue weighted by molar-refractivity contribution is 5.99. The number of aliphatic hydroxyl groups is 1. The molecule has 1 N–H and O–H groups in total. The van der Waals surface area contributed by atoms with Crippen LogP contribution in [0, 0.1) is 5.82 Å². The van der Waals surface area contributed by atoms with E-state index in [4.69, 9.17) is 0 Å². The number of carbonyl (C=O) groups excluding carboxylic acids is 1. The molecule has 1 unspecified atom stereocenters. The summed E-state index contributed by atoms with van der Waals surface area (Å²) in [6.07, 6.45) is -2.19. The quantitative estimate of drug-likeness (QED) is 0.614. The minimum atomic E-state index is -4.90. The Balaban J connectivity index is 1.67. The average Bonchev–Trinajstić information content (AvgIpc) is 3.18. The van der Waals surface area contributed by atoms with Crippen molar-refractivity contribution in [3.8, 4) is 11.1 Å². The molecule has 168 valence electrons. The molecule has 3 aromatic rings. The van der Waals surface area contributed by atoms with Crippen LogP contribution < -0.4 is 0 Å². The molecule has 2 aromatic heterocycles. The van der Waals surface area contributed by atoms with E-state index in [1.165, 1.54) is 34.0 Å². The molecule has 0 radical (unpaired) electrons. The predicted octanol–water partition coefficient (Wildman–Crippen LogP) is 4.07. The molecule has 6 nitrogen and oxygen atoms in total. The van der Waals surface area contributed by atoms with Gasteiger partial charge in [-0.3, -0.25) is 9.78 Å². The number of hydrogen-bond donors (Lipinski definition) is 1. The molecule has 0 saturated carbocycles. The summed E-state index contributed by atoms with van der Waals surface area (Å²) < 4.78 is 54.7. The number of hydrogen-bond acceptors (Lipinski definition) is 4. The third-order valence-electron chi connectivity index (χ3n) is 5.59. The van der Waals surface area contributed by atoms with Crippen LogP contribution in [0.25, 0.3) is 11.1 Å². The highest BCUT2D eigenvalue weighted by atomic mass is 19.4. The van der Waals surface area contributed by atoms with Gasteiger partial charge in [-0.15, -0.1) is 0 Å². The van der Waals surface area contributed by atoms with Crippen LogP contribution in [-0.4, -0.2) is 43.2 Å². The van der Waals surface area contributed by atoms with Gasteiger partial charge in [-0.25, -0.2) is 9.37 Å². The van der Waals surface area contributed by atoms with E-state index in [2.05, 4.69) is 9.97 Å². The minimum Gasteiger partial charge on any atom is -0.374 e. The lowest BCUT2D eigenvalue weighted by molar-refractivity contribution is -0.263. The highest BCUT2D eigenvalue weighted by Gasteiger charge is 2.55. The Hall–Kier alpha value is -3.27. The molecule has 1 aliphatic heterocycles. The molecule has 0 saturated heterocycles. The van der Waals surface area contributed by atoms with E-state index >= 15 is 0 Å². The minimum absolute atomic E-state index is 0.00351. The van der Waals surface area contributed by atoms with Crippen molar-refractivity contribution in [2.75, 3.05) is 6.54 Å². The van der Waals surface area contributed by atoms with Crippen molar-refractivity contribution in [1.29, 1.82) is 0 Å². The standard InChI is InChI=1S/C22H20F4N4O2/c1-13-11-29(12-16-10-28-20(30(13)16)21(2,32)22(24,25)26)19(31)18-17(4-3-9-27-18)14-5-7-15(23)8-6-14/h3-10,13,32H,11-12H2,1-2H3/t13-,21?/m0/s1. The second kappa shape index (κ2) is 7.70. The molecule has 0 fully saturated rings. The Morgan fingerprint density at radius 1 is 1.16 bits per heavy atom. The Kier molecular flexibility index (Phi) is 5.28. The average molecular weight is 448 g/mol. The summed E-state index contributed by atoms with van der Waals surface area (Å²) in [5.41, 5.74) is -1.47. The van der Waals surface area contributed by atoms with Gasteiger partial charge in [-0.05, 0) is 37.6 Å². The van der Waals surface area contributed by atoms with Crippen LogP contribution in [0.1, 0.15) is 41.9 Å². The summed E-state index contributed by atoms with van der Waals surface area (Å²) in [6, 6.07) is 8.45. The summed E-state index contributed by atoms with van der Waals surface area (Å²) in [4.78, 5) is 22.8. The molecule has 3 heterocycles. The number of aromatic nitrogens is 3. The van der Waals surface area contributed by atoms with Crippen LogP contribution in [-0.2, 0) is 12.1 Å². The molecule has 1 aliphatic rings. The Morgan fingerprint density at radius 2 is 1.84 bits per heavy atom. The van der Waals surface area contributed by atoms with E-state index in [0.29, 0.717) is 23.7 Å². The fraction of sp³-hybridized carbons (Fsp3) is 0.318. The maximum atomic E-state index is 13.4. The van der Waals surface area contributed by atoms with Crippen LogP contribution in [0.15, 0.2) is 48.8 Å².